The molecule has 24 heavy (non-hydrogen) atoms. The highest BCUT2D eigenvalue weighted by Gasteiger charge is 2.22. The van der Waals surface area contributed by atoms with Crippen LogP contribution in [0.1, 0.15) is 24.4 Å². The fourth-order valence-corrected chi connectivity index (χ4v) is 3.27. The maximum absolute atomic E-state index is 4.34. The summed E-state index contributed by atoms with van der Waals surface area (Å²) in [6.07, 6.45) is 6.03. The highest BCUT2D eigenvalue weighted by Crippen LogP contribution is 2.24. The number of benzene rings is 1. The van der Waals surface area contributed by atoms with Crippen molar-refractivity contribution >= 4 is 0 Å². The van der Waals surface area contributed by atoms with Crippen LogP contribution >= 0.6 is 0 Å². The number of piperidine rings is 1. The molecule has 0 aliphatic carbocycles. The molecule has 0 spiro atoms. The van der Waals surface area contributed by atoms with Crippen molar-refractivity contribution in [2.75, 3.05) is 13.1 Å². The maximum Gasteiger partial charge on any atom is 0.131 e. The molecular formula is C19H21N5. The first-order valence-electron chi connectivity index (χ1n) is 8.48. The van der Waals surface area contributed by atoms with E-state index in [4.69, 9.17) is 0 Å². The number of nitrogens with zero attached hydrogens (tertiary/aromatic N) is 5. The largest absolute Gasteiger partial charge is 0.299 e. The Morgan fingerprint density at radius 1 is 0.917 bits per heavy atom. The van der Waals surface area contributed by atoms with E-state index in [9.17, 15) is 0 Å². The molecule has 0 atom stereocenters. The highest BCUT2D eigenvalue weighted by atomic mass is 15.4. The highest BCUT2D eigenvalue weighted by molar-refractivity contribution is 5.51. The van der Waals surface area contributed by atoms with Gasteiger partial charge in [-0.05, 0) is 30.5 Å². The van der Waals surface area contributed by atoms with E-state index >= 15 is 0 Å². The molecule has 0 radical (unpaired) electrons. The second-order valence-electron chi connectivity index (χ2n) is 6.29. The summed E-state index contributed by atoms with van der Waals surface area (Å²) >= 11 is 0. The van der Waals surface area contributed by atoms with Crippen molar-refractivity contribution in [2.24, 2.45) is 0 Å². The molecule has 0 bridgehead atoms. The summed E-state index contributed by atoms with van der Waals surface area (Å²) in [5.41, 5.74) is 3.11. The normalized spacial score (nSPS) is 16.3. The predicted molar refractivity (Wildman–Crippen MR) is 93.2 cm³/mol. The average molecular weight is 319 g/mol. The third kappa shape index (κ3) is 3.36. The Morgan fingerprint density at radius 2 is 1.71 bits per heavy atom. The number of rotatable bonds is 4. The molecule has 2 aromatic heterocycles. The fraction of sp³-hybridized carbons (Fsp3) is 0.316. The molecular weight excluding hydrogens is 298 g/mol. The van der Waals surface area contributed by atoms with Gasteiger partial charge in [0.15, 0.2) is 0 Å². The lowest BCUT2D eigenvalue weighted by Gasteiger charge is -2.31. The van der Waals surface area contributed by atoms with Crippen LogP contribution in [0.3, 0.4) is 0 Å². The van der Waals surface area contributed by atoms with Crippen LogP contribution in [-0.2, 0) is 6.54 Å². The van der Waals surface area contributed by atoms with Gasteiger partial charge in [-0.25, -0.2) is 4.68 Å². The van der Waals surface area contributed by atoms with Crippen LogP contribution in [0.15, 0.2) is 60.9 Å². The Balaban J connectivity index is 1.37. The molecule has 122 valence electrons. The van der Waals surface area contributed by atoms with Crippen molar-refractivity contribution in [1.82, 2.24) is 24.9 Å². The van der Waals surface area contributed by atoms with Crippen LogP contribution in [0.2, 0.25) is 0 Å². The van der Waals surface area contributed by atoms with Gasteiger partial charge < -0.3 is 0 Å². The first-order valence-corrected chi connectivity index (χ1v) is 8.48. The van der Waals surface area contributed by atoms with E-state index in [1.165, 1.54) is 5.56 Å². The molecule has 1 saturated heterocycles. The monoisotopic (exact) mass is 319 g/mol. The first kappa shape index (κ1) is 15.0. The summed E-state index contributed by atoms with van der Waals surface area (Å²) in [5, 5.41) is 8.62. The minimum absolute atomic E-state index is 0.432. The van der Waals surface area contributed by atoms with Gasteiger partial charge >= 0.3 is 0 Å². The Kier molecular flexibility index (Phi) is 4.34. The molecule has 3 heterocycles. The summed E-state index contributed by atoms with van der Waals surface area (Å²) in [6.45, 7) is 3.22. The zero-order valence-electron chi connectivity index (χ0n) is 13.6. The minimum atomic E-state index is 0.432. The summed E-state index contributed by atoms with van der Waals surface area (Å²) < 4.78 is 2.02. The van der Waals surface area contributed by atoms with Crippen molar-refractivity contribution in [3.63, 3.8) is 0 Å². The second-order valence-corrected chi connectivity index (χ2v) is 6.29. The van der Waals surface area contributed by atoms with Gasteiger partial charge in [-0.1, -0.05) is 41.6 Å². The van der Waals surface area contributed by atoms with Crippen LogP contribution in [0.25, 0.3) is 11.4 Å². The SMILES string of the molecule is c1ccc(CN2CCC(n3cc(-c4ccccn4)nn3)CC2)cc1. The van der Waals surface area contributed by atoms with Gasteiger partial charge in [-0.15, -0.1) is 5.10 Å². The lowest BCUT2D eigenvalue weighted by molar-refractivity contribution is 0.172. The third-order valence-electron chi connectivity index (χ3n) is 4.62. The van der Waals surface area contributed by atoms with E-state index in [2.05, 4.69) is 50.5 Å². The van der Waals surface area contributed by atoms with Gasteiger partial charge in [0.25, 0.3) is 0 Å². The zero-order valence-corrected chi connectivity index (χ0v) is 13.6. The van der Waals surface area contributed by atoms with Crippen LogP contribution in [0.5, 0.6) is 0 Å². The van der Waals surface area contributed by atoms with Crippen molar-refractivity contribution in [1.29, 1.82) is 0 Å². The number of hydrogen-bond donors (Lipinski definition) is 0. The number of hydrogen-bond acceptors (Lipinski definition) is 4. The molecule has 0 N–H and O–H groups in total. The predicted octanol–water partition coefficient (Wildman–Crippen LogP) is 3.18. The van der Waals surface area contributed by atoms with E-state index in [1.54, 1.807) is 6.20 Å². The molecule has 5 heteroatoms. The van der Waals surface area contributed by atoms with E-state index in [0.29, 0.717) is 6.04 Å². The van der Waals surface area contributed by atoms with Gasteiger partial charge in [0.1, 0.15) is 5.69 Å². The molecule has 1 aromatic carbocycles. The molecule has 3 aromatic rings. The number of pyridine rings is 1. The summed E-state index contributed by atoms with van der Waals surface area (Å²) in [4.78, 5) is 6.86. The van der Waals surface area contributed by atoms with Gasteiger partial charge in [0, 0.05) is 25.8 Å². The average Bonchev–Trinajstić information content (AvgIpc) is 3.14. The van der Waals surface area contributed by atoms with Gasteiger partial charge in [0.05, 0.1) is 17.9 Å². The molecule has 0 saturated carbocycles. The third-order valence-corrected chi connectivity index (χ3v) is 4.62. The Morgan fingerprint density at radius 3 is 2.46 bits per heavy atom. The quantitative estimate of drug-likeness (QED) is 0.741. The fourth-order valence-electron chi connectivity index (χ4n) is 3.27. The smallest absolute Gasteiger partial charge is 0.131 e. The van der Waals surface area contributed by atoms with Crippen LogP contribution in [0.4, 0.5) is 0 Å². The van der Waals surface area contributed by atoms with Crippen molar-refractivity contribution < 1.29 is 0 Å². The zero-order chi connectivity index (χ0) is 16.2. The Bertz CT molecular complexity index is 761. The summed E-state index contributed by atoms with van der Waals surface area (Å²) in [7, 11) is 0. The molecule has 1 fully saturated rings. The van der Waals surface area contributed by atoms with Crippen LogP contribution in [-0.4, -0.2) is 38.0 Å². The first-order chi connectivity index (χ1) is 11.9. The molecule has 4 rings (SSSR count). The molecule has 1 aliphatic rings. The van der Waals surface area contributed by atoms with E-state index in [-0.39, 0.29) is 0 Å². The lowest BCUT2D eigenvalue weighted by Crippen LogP contribution is -2.34. The Hall–Kier alpha value is -2.53. The van der Waals surface area contributed by atoms with E-state index in [1.807, 2.05) is 29.1 Å². The maximum atomic E-state index is 4.34. The molecule has 1 aliphatic heterocycles. The molecule has 0 amide bonds. The van der Waals surface area contributed by atoms with Crippen molar-refractivity contribution in [3.8, 4) is 11.4 Å². The molecule has 0 unspecified atom stereocenters. The topological polar surface area (TPSA) is 46.8 Å². The van der Waals surface area contributed by atoms with Gasteiger partial charge in [-0.3, -0.25) is 9.88 Å². The minimum Gasteiger partial charge on any atom is -0.299 e. The molecule has 5 nitrogen and oxygen atoms in total. The van der Waals surface area contributed by atoms with Crippen molar-refractivity contribution in [3.05, 3.63) is 66.5 Å². The van der Waals surface area contributed by atoms with Crippen molar-refractivity contribution in [2.45, 2.75) is 25.4 Å². The lowest BCUT2D eigenvalue weighted by atomic mass is 10.0. The van der Waals surface area contributed by atoms with Crippen LogP contribution < -0.4 is 0 Å². The van der Waals surface area contributed by atoms with Gasteiger partial charge in [0.2, 0.25) is 0 Å². The van der Waals surface area contributed by atoms with Crippen LogP contribution in [0, 0.1) is 0 Å². The second kappa shape index (κ2) is 6.93. The number of likely N-dealkylation sites (tertiary alicyclic amines) is 1. The summed E-state index contributed by atoms with van der Waals surface area (Å²) in [5.74, 6) is 0. The number of aromatic nitrogens is 4. The van der Waals surface area contributed by atoms with Gasteiger partial charge in [-0.2, -0.15) is 0 Å². The van der Waals surface area contributed by atoms with E-state index in [0.717, 1.165) is 43.9 Å². The van der Waals surface area contributed by atoms with E-state index < -0.39 is 0 Å². The standard InChI is InChI=1S/C19H21N5/c1-2-6-16(7-3-1)14-23-12-9-17(10-13-23)24-15-19(21-22-24)18-8-4-5-11-20-18/h1-8,11,15,17H,9-10,12-14H2. The Labute approximate surface area is 142 Å². The summed E-state index contributed by atoms with van der Waals surface area (Å²) in [6, 6.07) is 17.0.